The van der Waals surface area contributed by atoms with Crippen molar-refractivity contribution in [3.8, 4) is 5.75 Å². The van der Waals surface area contributed by atoms with Gasteiger partial charge < -0.3 is 55.2 Å². The molecule has 4 fully saturated rings. The van der Waals surface area contributed by atoms with Crippen LogP contribution in [-0.2, 0) is 51.9 Å². The van der Waals surface area contributed by atoms with E-state index < -0.39 is 29.5 Å². The fourth-order valence-electron chi connectivity index (χ4n) is 12.6. The molecule has 0 spiro atoms. The molecule has 2 saturated heterocycles. The van der Waals surface area contributed by atoms with Crippen molar-refractivity contribution in [3.63, 3.8) is 0 Å². The number of rotatable bonds is 24. The first-order valence-corrected chi connectivity index (χ1v) is 30.5. The van der Waals surface area contributed by atoms with Gasteiger partial charge >= 0.3 is 18.0 Å². The van der Waals surface area contributed by atoms with Gasteiger partial charge in [0.1, 0.15) is 17.8 Å². The fourth-order valence-corrected chi connectivity index (χ4v) is 13.1. The average molecular weight is 1160 g/mol. The molecule has 2 saturated carbocycles. The number of unbranched alkanes of at least 4 members (excludes halogenated alkanes) is 2. The number of aliphatic carboxylic acids is 1. The maximum absolute atomic E-state index is 13.9. The predicted molar refractivity (Wildman–Crippen MR) is 314 cm³/mol. The molecule has 6 amide bonds. The average Bonchev–Trinajstić information content (AvgIpc) is 4.32. The van der Waals surface area contributed by atoms with Crippen LogP contribution in [-0.4, -0.2) is 135 Å². The minimum Gasteiger partial charge on any atom is -0.497 e. The van der Waals surface area contributed by atoms with E-state index in [1.807, 2.05) is 53.2 Å². The van der Waals surface area contributed by atoms with Gasteiger partial charge in [0.15, 0.2) is 0 Å². The number of carbonyl (C=O) groups is 5. The van der Waals surface area contributed by atoms with Gasteiger partial charge in [-0.1, -0.05) is 93.3 Å². The number of aromatic amines is 1. The lowest BCUT2D eigenvalue weighted by Gasteiger charge is -2.48. The predicted octanol–water partition coefficient (Wildman–Crippen LogP) is 9.86. The SMILES string of the molecule is CCCOC1(C2CCCCC2)CCN(C(=O)[C@@H](Cc2ccc(OC)cc2)NC(=O)NCCc2cn(C)cn2)CC1.O=C(NCCCCCc1cnc[nH]1)N[C@H](Cc1ccc(Cl)cc1Cl)C(=O)N1CCC(C(=O)O)(C2CCCCC2)CC1. The van der Waals surface area contributed by atoms with E-state index in [9.17, 15) is 29.1 Å². The number of nitrogens with zero attached hydrogens (tertiary/aromatic N) is 5. The van der Waals surface area contributed by atoms with Crippen molar-refractivity contribution in [3.05, 3.63) is 100 Å². The first-order valence-electron chi connectivity index (χ1n) is 29.8. The molecule has 4 aliphatic rings. The van der Waals surface area contributed by atoms with Gasteiger partial charge in [-0.05, 0) is 124 Å². The third-order valence-corrected chi connectivity index (χ3v) is 17.9. The molecule has 2 aromatic carbocycles. The number of halogens is 2. The molecule has 6 N–H and O–H groups in total. The molecule has 81 heavy (non-hydrogen) atoms. The summed E-state index contributed by atoms with van der Waals surface area (Å²) in [6.07, 6.45) is 27.1. The summed E-state index contributed by atoms with van der Waals surface area (Å²) in [4.78, 5) is 80.9. The Balaban J connectivity index is 0.000000234. The summed E-state index contributed by atoms with van der Waals surface area (Å²) in [6.45, 7) is 5.87. The lowest BCUT2D eigenvalue weighted by atomic mass is 9.64. The van der Waals surface area contributed by atoms with Crippen LogP contribution in [0.5, 0.6) is 5.75 Å². The number of benzene rings is 2. The number of hydrogen-bond donors (Lipinski definition) is 6. The minimum absolute atomic E-state index is 0.0385. The van der Waals surface area contributed by atoms with Crippen molar-refractivity contribution in [1.29, 1.82) is 0 Å². The molecule has 444 valence electrons. The first kappa shape index (κ1) is 62.7. The van der Waals surface area contributed by atoms with Crippen molar-refractivity contribution in [2.45, 2.75) is 166 Å². The zero-order valence-electron chi connectivity index (χ0n) is 48.0. The number of hydrogen-bond acceptors (Lipinski definition) is 9. The standard InChI is InChI=1S/C31H47N5O4.C30H41Cl2N5O4/c1-4-20-40-31(25-8-6-5-7-9-25)15-18-36(19-16-31)29(37)28(21-24-10-12-27(39-3)13-11-24)34-30(38)32-17-14-26-22-35(2)23-33-26;31-23-11-10-21(25(32)18-23)17-26(36-29(41)34-14-6-2-5-9-24-19-33-20-35-24)27(38)37-15-12-30(13-16-37,28(39)40)22-7-3-1-4-8-22/h10-13,22-23,25,28H,4-9,14-21H2,1-3H3,(H2,32,34,38);10-11,18-20,22,26H,1-9,12-17H2,(H,33,35)(H,39,40)(H2,34,36,41)/t28-;26-/m11/s1. The van der Waals surface area contributed by atoms with E-state index in [-0.39, 0.29) is 35.8 Å². The first-order chi connectivity index (χ1) is 39.2. The zero-order valence-corrected chi connectivity index (χ0v) is 49.5. The number of nitrogens with one attached hydrogen (secondary N) is 5. The number of carboxylic acids is 1. The maximum atomic E-state index is 13.9. The molecule has 20 heteroatoms. The van der Waals surface area contributed by atoms with Crippen molar-refractivity contribution in [1.82, 2.24) is 50.6 Å². The Labute approximate surface area is 488 Å². The number of imidazole rings is 2. The number of aryl methyl sites for hydroxylation is 2. The van der Waals surface area contributed by atoms with Crippen LogP contribution in [0.2, 0.25) is 10.0 Å². The Morgan fingerprint density at radius 3 is 1.95 bits per heavy atom. The molecule has 0 bridgehead atoms. The normalized spacial score (nSPS) is 18.1. The van der Waals surface area contributed by atoms with Crippen LogP contribution >= 0.6 is 23.2 Å². The van der Waals surface area contributed by atoms with Crippen LogP contribution in [0.15, 0.2) is 67.5 Å². The fraction of sp³-hybridized carbons (Fsp3) is 0.623. The van der Waals surface area contributed by atoms with Crippen LogP contribution in [0, 0.1) is 17.3 Å². The number of methoxy groups -OCH3 is 1. The van der Waals surface area contributed by atoms with Gasteiger partial charge in [0.2, 0.25) is 11.8 Å². The summed E-state index contributed by atoms with van der Waals surface area (Å²) in [5, 5.41) is 22.8. The summed E-state index contributed by atoms with van der Waals surface area (Å²) in [6, 6.07) is 10.5. The van der Waals surface area contributed by atoms with Crippen LogP contribution in [0.3, 0.4) is 0 Å². The largest absolute Gasteiger partial charge is 0.497 e. The molecule has 2 aliphatic carbocycles. The molecule has 0 unspecified atom stereocenters. The number of carbonyl (C=O) groups excluding carboxylic acids is 4. The van der Waals surface area contributed by atoms with Gasteiger partial charge in [-0.2, -0.15) is 0 Å². The molecule has 8 rings (SSSR count). The van der Waals surface area contributed by atoms with Crippen LogP contribution in [0.25, 0.3) is 0 Å². The second-order valence-electron chi connectivity index (χ2n) is 22.8. The van der Waals surface area contributed by atoms with E-state index in [1.54, 1.807) is 42.9 Å². The molecule has 0 radical (unpaired) electrons. The smallest absolute Gasteiger partial charge is 0.315 e. The molecule has 18 nitrogen and oxygen atoms in total. The summed E-state index contributed by atoms with van der Waals surface area (Å²) in [5.41, 5.74) is 2.76. The van der Waals surface area contributed by atoms with Gasteiger partial charge in [-0.25, -0.2) is 19.6 Å². The molecule has 2 aliphatic heterocycles. The molecule has 4 heterocycles. The van der Waals surface area contributed by atoms with E-state index in [1.165, 1.54) is 32.1 Å². The maximum Gasteiger partial charge on any atom is 0.315 e. The van der Waals surface area contributed by atoms with Gasteiger partial charge in [0.05, 0.1) is 36.5 Å². The molecule has 4 aromatic rings. The van der Waals surface area contributed by atoms with Gasteiger partial charge in [0.25, 0.3) is 0 Å². The summed E-state index contributed by atoms with van der Waals surface area (Å²) in [7, 11) is 3.55. The van der Waals surface area contributed by atoms with E-state index in [0.717, 1.165) is 106 Å². The van der Waals surface area contributed by atoms with Gasteiger partial charge in [0, 0.05) is 100 Å². The van der Waals surface area contributed by atoms with Crippen molar-refractivity contribution < 1.29 is 38.6 Å². The van der Waals surface area contributed by atoms with E-state index in [2.05, 4.69) is 43.1 Å². The molecular weight excluding hydrogens is 1070 g/mol. The lowest BCUT2D eigenvalue weighted by Crippen LogP contribution is -2.57. The zero-order chi connectivity index (χ0) is 57.6. The van der Waals surface area contributed by atoms with Crippen molar-refractivity contribution in [2.75, 3.05) is 53.0 Å². The van der Waals surface area contributed by atoms with Gasteiger partial charge in [-0.15, -0.1) is 0 Å². The number of H-pyrrole nitrogens is 1. The molecular formula is C61H88Cl2N10O8. The second-order valence-corrected chi connectivity index (χ2v) is 23.6. The second kappa shape index (κ2) is 31.5. The summed E-state index contributed by atoms with van der Waals surface area (Å²) < 4.78 is 13.7. The number of aromatic nitrogens is 4. The Morgan fingerprint density at radius 1 is 0.765 bits per heavy atom. The lowest BCUT2D eigenvalue weighted by molar-refractivity contribution is -0.160. The highest BCUT2D eigenvalue weighted by Crippen LogP contribution is 2.46. The van der Waals surface area contributed by atoms with E-state index in [4.69, 9.17) is 32.7 Å². The monoisotopic (exact) mass is 1160 g/mol. The highest BCUT2D eigenvalue weighted by molar-refractivity contribution is 6.35. The Kier molecular flexibility index (Phi) is 24.4. The molecule has 2 aromatic heterocycles. The topological polar surface area (TPSA) is 225 Å². The van der Waals surface area contributed by atoms with E-state index in [0.29, 0.717) is 86.5 Å². The van der Waals surface area contributed by atoms with Crippen molar-refractivity contribution >= 4 is 53.0 Å². The quantitative estimate of drug-likeness (QED) is 0.0364. The summed E-state index contributed by atoms with van der Waals surface area (Å²) in [5.74, 6) is 0.468. The number of urea groups is 2. The Hall–Kier alpha value is -5.85. The van der Waals surface area contributed by atoms with Crippen molar-refractivity contribution in [2.24, 2.45) is 24.3 Å². The summed E-state index contributed by atoms with van der Waals surface area (Å²) >= 11 is 12.5. The van der Waals surface area contributed by atoms with Gasteiger partial charge in [-0.3, -0.25) is 14.4 Å². The van der Waals surface area contributed by atoms with Crippen LogP contribution in [0.1, 0.15) is 145 Å². The number of amides is 6. The number of piperidine rings is 2. The Morgan fingerprint density at radius 2 is 1.38 bits per heavy atom. The number of likely N-dealkylation sites (tertiary alicyclic amines) is 2. The highest BCUT2D eigenvalue weighted by Gasteiger charge is 2.49. The minimum atomic E-state index is -0.846. The number of carboxylic acid groups (broad SMARTS) is 1. The third-order valence-electron chi connectivity index (χ3n) is 17.3. The molecule has 2 atom stereocenters. The van der Waals surface area contributed by atoms with Crippen LogP contribution in [0.4, 0.5) is 9.59 Å². The Bertz CT molecular complexity index is 2590. The highest BCUT2D eigenvalue weighted by atomic mass is 35.5. The third kappa shape index (κ3) is 18.3. The van der Waals surface area contributed by atoms with Crippen LogP contribution < -0.4 is 26.0 Å². The van der Waals surface area contributed by atoms with E-state index >= 15 is 0 Å². The number of ether oxygens (including phenoxy) is 2.